The second-order valence-corrected chi connectivity index (χ2v) is 4.74. The lowest BCUT2D eigenvalue weighted by Crippen LogP contribution is -2.09. The first-order valence-electron chi connectivity index (χ1n) is 5.67. The lowest BCUT2D eigenvalue weighted by molar-refractivity contribution is 0.478. The van der Waals surface area contributed by atoms with Crippen molar-refractivity contribution in [3.05, 3.63) is 51.5 Å². The minimum Gasteiger partial charge on any atom is -0.506 e. The van der Waals surface area contributed by atoms with Crippen LogP contribution in [0.15, 0.2) is 39.7 Å². The van der Waals surface area contributed by atoms with Gasteiger partial charge < -0.3 is 14.5 Å². The molecule has 19 heavy (non-hydrogen) atoms. The fourth-order valence-electron chi connectivity index (χ4n) is 2.09. The van der Waals surface area contributed by atoms with Crippen molar-refractivity contribution in [1.82, 2.24) is 4.98 Å². The normalized spacial score (nSPS) is 11.1. The van der Waals surface area contributed by atoms with Gasteiger partial charge in [0, 0.05) is 10.4 Å². The van der Waals surface area contributed by atoms with Crippen molar-refractivity contribution in [2.24, 2.45) is 0 Å². The molecule has 0 aliphatic heterocycles. The summed E-state index contributed by atoms with van der Waals surface area (Å²) < 4.78 is 5.28. The van der Waals surface area contributed by atoms with Crippen molar-refractivity contribution >= 4 is 22.5 Å². The lowest BCUT2D eigenvalue weighted by Gasteiger charge is -2.06. The number of fused-ring (bicyclic) bond motifs is 1. The molecule has 0 atom stereocenters. The molecule has 0 amide bonds. The van der Waals surface area contributed by atoms with Gasteiger partial charge in [0.05, 0.1) is 11.8 Å². The lowest BCUT2D eigenvalue weighted by atomic mass is 10.1. The highest BCUT2D eigenvalue weighted by Gasteiger charge is 2.18. The highest BCUT2D eigenvalue weighted by Crippen LogP contribution is 2.34. The van der Waals surface area contributed by atoms with Crippen LogP contribution in [0.2, 0.25) is 5.02 Å². The number of aromatic hydroxyl groups is 1. The topological polar surface area (TPSA) is 66.2 Å². The van der Waals surface area contributed by atoms with Gasteiger partial charge in [-0.25, -0.2) is 0 Å². The molecule has 2 aromatic heterocycles. The smallest absolute Gasteiger partial charge is 0.263 e. The van der Waals surface area contributed by atoms with E-state index < -0.39 is 5.56 Å². The van der Waals surface area contributed by atoms with E-state index in [1.807, 2.05) is 6.92 Å². The summed E-state index contributed by atoms with van der Waals surface area (Å²) in [4.78, 5) is 14.8. The van der Waals surface area contributed by atoms with Gasteiger partial charge in [-0.2, -0.15) is 0 Å². The second-order valence-electron chi connectivity index (χ2n) is 4.30. The Kier molecular flexibility index (Phi) is 2.61. The number of H-pyrrole nitrogens is 1. The predicted molar refractivity (Wildman–Crippen MR) is 73.7 cm³/mol. The Morgan fingerprint density at radius 3 is 2.79 bits per heavy atom. The minimum absolute atomic E-state index is 0.103. The van der Waals surface area contributed by atoms with Crippen LogP contribution in [0.3, 0.4) is 0 Å². The maximum absolute atomic E-state index is 12.1. The monoisotopic (exact) mass is 275 g/mol. The number of pyridine rings is 1. The Labute approximate surface area is 113 Å². The maximum Gasteiger partial charge on any atom is 0.263 e. The fourth-order valence-corrected chi connectivity index (χ4v) is 2.27. The van der Waals surface area contributed by atoms with Crippen LogP contribution in [0.4, 0.5) is 0 Å². The molecule has 0 radical (unpaired) electrons. The van der Waals surface area contributed by atoms with Crippen LogP contribution in [-0.2, 0) is 0 Å². The van der Waals surface area contributed by atoms with E-state index >= 15 is 0 Å². The molecule has 0 fully saturated rings. The first-order valence-corrected chi connectivity index (χ1v) is 6.04. The van der Waals surface area contributed by atoms with Crippen molar-refractivity contribution in [1.29, 1.82) is 0 Å². The van der Waals surface area contributed by atoms with Crippen molar-refractivity contribution < 1.29 is 9.52 Å². The SMILES string of the molecule is Cc1ccoc1-c1c(O)c2ccc(Cl)cc2[nH]c1=O. The van der Waals surface area contributed by atoms with Gasteiger partial charge in [-0.05, 0) is 36.8 Å². The summed E-state index contributed by atoms with van der Waals surface area (Å²) in [7, 11) is 0. The van der Waals surface area contributed by atoms with E-state index in [4.69, 9.17) is 16.0 Å². The third kappa shape index (κ3) is 1.81. The number of hydrogen-bond donors (Lipinski definition) is 2. The molecule has 0 aliphatic carbocycles. The van der Waals surface area contributed by atoms with Crippen molar-refractivity contribution in [2.45, 2.75) is 6.92 Å². The number of halogens is 1. The zero-order valence-corrected chi connectivity index (χ0v) is 10.8. The molecule has 5 heteroatoms. The van der Waals surface area contributed by atoms with E-state index in [2.05, 4.69) is 4.98 Å². The van der Waals surface area contributed by atoms with Gasteiger partial charge in [0.15, 0.2) is 0 Å². The quantitative estimate of drug-likeness (QED) is 0.715. The highest BCUT2D eigenvalue weighted by atomic mass is 35.5. The minimum atomic E-state index is -0.412. The number of aryl methyl sites for hydroxylation is 1. The molecule has 4 nitrogen and oxygen atoms in total. The summed E-state index contributed by atoms with van der Waals surface area (Å²) in [6.07, 6.45) is 1.48. The average Bonchev–Trinajstić information content (AvgIpc) is 2.75. The van der Waals surface area contributed by atoms with Gasteiger partial charge in [0.25, 0.3) is 5.56 Å². The number of rotatable bonds is 1. The van der Waals surface area contributed by atoms with E-state index in [1.165, 1.54) is 6.26 Å². The molecule has 0 aliphatic rings. The van der Waals surface area contributed by atoms with Gasteiger partial charge in [-0.3, -0.25) is 4.79 Å². The number of furan rings is 1. The Morgan fingerprint density at radius 2 is 2.11 bits per heavy atom. The zero-order chi connectivity index (χ0) is 13.6. The molecule has 3 aromatic rings. The summed E-state index contributed by atoms with van der Waals surface area (Å²) in [5.74, 6) is 0.268. The van der Waals surface area contributed by atoms with Gasteiger partial charge >= 0.3 is 0 Å². The van der Waals surface area contributed by atoms with Crippen LogP contribution in [0.25, 0.3) is 22.2 Å². The van der Waals surface area contributed by atoms with Crippen LogP contribution in [0.1, 0.15) is 5.56 Å². The van der Waals surface area contributed by atoms with Gasteiger partial charge in [-0.15, -0.1) is 0 Å². The largest absolute Gasteiger partial charge is 0.506 e. The Balaban J connectivity index is 2.42. The van der Waals surface area contributed by atoms with E-state index in [0.717, 1.165) is 5.56 Å². The van der Waals surface area contributed by atoms with Crippen LogP contribution >= 0.6 is 11.6 Å². The van der Waals surface area contributed by atoms with Gasteiger partial charge in [-0.1, -0.05) is 11.6 Å². The van der Waals surface area contributed by atoms with Gasteiger partial charge in [0.1, 0.15) is 17.1 Å². The molecule has 3 rings (SSSR count). The van der Waals surface area contributed by atoms with E-state index in [-0.39, 0.29) is 11.3 Å². The molecule has 0 spiro atoms. The first-order chi connectivity index (χ1) is 9.08. The number of aromatic nitrogens is 1. The molecule has 0 unspecified atom stereocenters. The molecule has 0 bridgehead atoms. The van der Waals surface area contributed by atoms with Crippen LogP contribution in [0, 0.1) is 6.92 Å². The Morgan fingerprint density at radius 1 is 1.32 bits per heavy atom. The summed E-state index contributed by atoms with van der Waals surface area (Å²) in [5, 5.41) is 11.3. The molecule has 1 aromatic carbocycles. The molecule has 0 saturated carbocycles. The van der Waals surface area contributed by atoms with E-state index in [0.29, 0.717) is 21.7 Å². The molecule has 96 valence electrons. The fraction of sp³-hybridized carbons (Fsp3) is 0.0714. The summed E-state index contributed by atoms with van der Waals surface area (Å²) in [6.45, 7) is 1.81. The van der Waals surface area contributed by atoms with Crippen molar-refractivity contribution in [3.63, 3.8) is 0 Å². The molecule has 2 N–H and O–H groups in total. The Bertz CT molecular complexity index is 832. The highest BCUT2D eigenvalue weighted by molar-refractivity contribution is 6.31. The van der Waals surface area contributed by atoms with Crippen molar-refractivity contribution in [2.75, 3.05) is 0 Å². The summed E-state index contributed by atoms with van der Waals surface area (Å²) in [6, 6.07) is 6.64. The maximum atomic E-state index is 12.1. The third-order valence-electron chi connectivity index (χ3n) is 3.04. The molecular weight excluding hydrogens is 266 g/mol. The number of aromatic amines is 1. The van der Waals surface area contributed by atoms with E-state index in [1.54, 1.807) is 24.3 Å². The molecular formula is C14H10ClNO3. The van der Waals surface area contributed by atoms with Crippen LogP contribution in [0.5, 0.6) is 5.75 Å². The number of nitrogens with one attached hydrogen (secondary N) is 1. The number of hydrogen-bond acceptors (Lipinski definition) is 3. The third-order valence-corrected chi connectivity index (χ3v) is 3.27. The summed E-state index contributed by atoms with van der Waals surface area (Å²) >= 11 is 5.87. The Hall–Kier alpha value is -2.20. The molecule has 2 heterocycles. The average molecular weight is 276 g/mol. The summed E-state index contributed by atoms with van der Waals surface area (Å²) in [5.41, 5.74) is 1.000. The predicted octanol–water partition coefficient (Wildman–Crippen LogP) is 3.46. The second kappa shape index (κ2) is 4.17. The van der Waals surface area contributed by atoms with Crippen molar-refractivity contribution in [3.8, 4) is 17.1 Å². The standard InChI is InChI=1S/C14H10ClNO3/c1-7-4-5-19-13(7)11-12(17)9-3-2-8(15)6-10(9)16-14(11)18/h2-6H,1H3,(H2,16,17,18). The van der Waals surface area contributed by atoms with Gasteiger partial charge in [0.2, 0.25) is 0 Å². The molecule has 0 saturated heterocycles. The van der Waals surface area contributed by atoms with Crippen LogP contribution in [-0.4, -0.2) is 10.1 Å². The first kappa shape index (κ1) is 11.9. The van der Waals surface area contributed by atoms with Crippen LogP contribution < -0.4 is 5.56 Å². The zero-order valence-electron chi connectivity index (χ0n) is 10.0. The van der Waals surface area contributed by atoms with E-state index in [9.17, 15) is 9.90 Å². The number of benzene rings is 1.